The minimum absolute atomic E-state index is 0.0324. The van der Waals surface area contributed by atoms with Gasteiger partial charge in [-0.2, -0.15) is 0 Å². The Morgan fingerprint density at radius 2 is 1.79 bits per heavy atom. The van der Waals surface area contributed by atoms with Crippen LogP contribution in [0, 0.1) is 11.6 Å². The molecule has 5 N–H and O–H groups in total. The zero-order valence-corrected chi connectivity index (χ0v) is 20.5. The van der Waals surface area contributed by atoms with Gasteiger partial charge in [-0.15, -0.1) is 0 Å². The highest BCUT2D eigenvalue weighted by Crippen LogP contribution is 2.30. The van der Waals surface area contributed by atoms with E-state index in [-0.39, 0.29) is 18.4 Å². The lowest BCUT2D eigenvalue weighted by molar-refractivity contribution is -0.121. The van der Waals surface area contributed by atoms with Crippen LogP contribution in [0.4, 0.5) is 8.78 Å². The van der Waals surface area contributed by atoms with E-state index < -0.39 is 29.5 Å². The third kappa shape index (κ3) is 5.74. The second kappa shape index (κ2) is 10.7. The van der Waals surface area contributed by atoms with Gasteiger partial charge in [-0.25, -0.2) is 8.78 Å². The summed E-state index contributed by atoms with van der Waals surface area (Å²) in [5.41, 5.74) is 9.21. The number of carbonyl (C=O) groups excluding carboxylic acids is 2. The smallest absolute Gasteiger partial charge is 0.248 e. The predicted octanol–water partition coefficient (Wildman–Crippen LogP) is 3.94. The summed E-state index contributed by atoms with van der Waals surface area (Å²) in [5, 5.41) is 2.94. The van der Waals surface area contributed by atoms with Crippen LogP contribution in [0.1, 0.15) is 33.2 Å². The number of hydrogen-bond acceptors (Lipinski definition) is 4. The van der Waals surface area contributed by atoms with Gasteiger partial charge >= 0.3 is 0 Å². The molecule has 10 heteroatoms. The van der Waals surface area contributed by atoms with Crippen molar-refractivity contribution in [2.75, 3.05) is 0 Å². The highest BCUT2D eigenvalue weighted by atomic mass is 19.1. The molecule has 1 unspecified atom stereocenters. The molecule has 196 valence electrons. The van der Waals surface area contributed by atoms with E-state index in [2.05, 4.69) is 20.3 Å². The van der Waals surface area contributed by atoms with Crippen molar-refractivity contribution in [1.82, 2.24) is 20.3 Å². The quantitative estimate of drug-likeness (QED) is 0.243. The minimum Gasteiger partial charge on any atom is -0.366 e. The number of rotatable bonds is 8. The molecule has 0 spiro atoms. The zero-order valence-electron chi connectivity index (χ0n) is 20.5. The molecule has 0 aliphatic heterocycles. The summed E-state index contributed by atoms with van der Waals surface area (Å²) in [4.78, 5) is 47.1. The molecule has 0 aliphatic rings. The summed E-state index contributed by atoms with van der Waals surface area (Å²) in [7, 11) is 0. The third-order valence-corrected chi connectivity index (χ3v) is 6.32. The molecule has 5 aromatic rings. The molecule has 0 fully saturated rings. The Balaban J connectivity index is 1.52. The van der Waals surface area contributed by atoms with E-state index in [1.54, 1.807) is 54.9 Å². The number of primary amides is 1. The molecule has 3 aromatic heterocycles. The van der Waals surface area contributed by atoms with Crippen molar-refractivity contribution < 1.29 is 18.4 Å². The molecular weight excluding hydrogens is 504 g/mol. The van der Waals surface area contributed by atoms with Crippen LogP contribution in [0.15, 0.2) is 83.9 Å². The number of carbonyl (C=O) groups is 2. The fourth-order valence-electron chi connectivity index (χ4n) is 4.60. The normalized spacial score (nSPS) is 11.8. The van der Waals surface area contributed by atoms with Gasteiger partial charge in [0.05, 0.1) is 29.2 Å². The highest BCUT2D eigenvalue weighted by Gasteiger charge is 2.22. The Kier molecular flexibility index (Phi) is 7.00. The summed E-state index contributed by atoms with van der Waals surface area (Å²) in [6.07, 6.45) is 3.14. The van der Waals surface area contributed by atoms with Crippen LogP contribution < -0.4 is 16.6 Å². The number of halogens is 2. The number of amides is 2. The van der Waals surface area contributed by atoms with Gasteiger partial charge in [-0.1, -0.05) is 18.2 Å². The second-order valence-corrected chi connectivity index (χ2v) is 9.09. The average molecular weight is 528 g/mol. The molecule has 0 saturated carbocycles. The SMILES string of the molecule is NC(=O)c1cccc(-c2cccnc2C(Cc2cc(F)cc(F)c2)NC(=O)Cc2c[nH]c3ccc(=O)[nH]c23)c1. The molecule has 8 nitrogen and oxygen atoms in total. The second-order valence-electron chi connectivity index (χ2n) is 9.09. The first kappa shape index (κ1) is 25.5. The monoisotopic (exact) mass is 527 g/mol. The van der Waals surface area contributed by atoms with Crippen LogP contribution >= 0.6 is 0 Å². The van der Waals surface area contributed by atoms with Crippen molar-refractivity contribution in [3.63, 3.8) is 0 Å². The number of pyridine rings is 2. The number of benzene rings is 2. The van der Waals surface area contributed by atoms with Gasteiger partial charge < -0.3 is 21.0 Å². The average Bonchev–Trinajstić information content (AvgIpc) is 3.29. The molecule has 0 aliphatic carbocycles. The summed E-state index contributed by atoms with van der Waals surface area (Å²) in [6, 6.07) is 15.5. The molecule has 5 rings (SSSR count). The largest absolute Gasteiger partial charge is 0.366 e. The maximum atomic E-state index is 14.0. The lowest BCUT2D eigenvalue weighted by Gasteiger charge is -2.22. The van der Waals surface area contributed by atoms with Crippen molar-refractivity contribution in [3.8, 4) is 11.1 Å². The topological polar surface area (TPSA) is 134 Å². The molecule has 3 heterocycles. The lowest BCUT2D eigenvalue weighted by Crippen LogP contribution is -2.32. The fourth-order valence-corrected chi connectivity index (χ4v) is 4.60. The first-order valence-corrected chi connectivity index (χ1v) is 12.1. The van der Waals surface area contributed by atoms with Gasteiger partial charge in [0.2, 0.25) is 17.4 Å². The van der Waals surface area contributed by atoms with Gasteiger partial charge in [-0.05, 0) is 53.9 Å². The van der Waals surface area contributed by atoms with Crippen LogP contribution in [-0.2, 0) is 17.6 Å². The first-order chi connectivity index (χ1) is 18.8. The molecule has 39 heavy (non-hydrogen) atoms. The van der Waals surface area contributed by atoms with Crippen LogP contribution in [0.3, 0.4) is 0 Å². The number of nitrogens with zero attached hydrogens (tertiary/aromatic N) is 1. The van der Waals surface area contributed by atoms with Gasteiger partial charge in [-0.3, -0.25) is 19.4 Å². The van der Waals surface area contributed by atoms with E-state index in [0.717, 1.165) is 6.07 Å². The molecular formula is C29H23F2N5O3. The maximum Gasteiger partial charge on any atom is 0.248 e. The molecule has 0 bridgehead atoms. The van der Waals surface area contributed by atoms with E-state index in [1.165, 1.54) is 18.2 Å². The summed E-state index contributed by atoms with van der Waals surface area (Å²) in [6.45, 7) is 0. The van der Waals surface area contributed by atoms with Crippen molar-refractivity contribution in [2.45, 2.75) is 18.9 Å². The summed E-state index contributed by atoms with van der Waals surface area (Å²) in [5.74, 6) is -2.48. The summed E-state index contributed by atoms with van der Waals surface area (Å²) < 4.78 is 28.0. The van der Waals surface area contributed by atoms with Crippen LogP contribution in [-0.4, -0.2) is 26.8 Å². The van der Waals surface area contributed by atoms with E-state index in [4.69, 9.17) is 5.73 Å². The third-order valence-electron chi connectivity index (χ3n) is 6.32. The Labute approximate surface area is 220 Å². The van der Waals surface area contributed by atoms with E-state index in [1.807, 2.05) is 0 Å². The van der Waals surface area contributed by atoms with Crippen molar-refractivity contribution in [1.29, 1.82) is 0 Å². The standard InChI is InChI=1S/C29H23F2N5O3/c30-20-9-16(10-21(31)14-20)11-24(35-26(38)13-19-15-34-23-6-7-25(37)36-27(19)23)28-22(5-2-8-33-28)17-3-1-4-18(12-17)29(32)39/h1-10,12,14-15,24,34H,11,13H2,(H2,32,39)(H,35,38)(H,36,37). The number of aromatic amines is 2. The molecule has 0 radical (unpaired) electrons. The Hall–Kier alpha value is -5.12. The van der Waals surface area contributed by atoms with E-state index >= 15 is 0 Å². The molecule has 2 aromatic carbocycles. The number of aromatic nitrogens is 3. The van der Waals surface area contributed by atoms with Crippen molar-refractivity contribution >= 4 is 22.8 Å². The number of H-pyrrole nitrogens is 2. The number of nitrogens with one attached hydrogen (secondary N) is 3. The molecule has 1 atom stereocenters. The van der Waals surface area contributed by atoms with Gasteiger partial charge in [0.15, 0.2) is 0 Å². The van der Waals surface area contributed by atoms with Crippen molar-refractivity contribution in [3.05, 3.63) is 123 Å². The van der Waals surface area contributed by atoms with Crippen molar-refractivity contribution in [2.24, 2.45) is 5.73 Å². The van der Waals surface area contributed by atoms with Gasteiger partial charge in [0.25, 0.3) is 0 Å². The van der Waals surface area contributed by atoms with Gasteiger partial charge in [0, 0.05) is 41.2 Å². The molecule has 2 amide bonds. The van der Waals surface area contributed by atoms with Crippen LogP contribution in [0.25, 0.3) is 22.2 Å². The highest BCUT2D eigenvalue weighted by molar-refractivity contribution is 5.94. The van der Waals surface area contributed by atoms with Crippen LogP contribution in [0.2, 0.25) is 0 Å². The van der Waals surface area contributed by atoms with E-state index in [9.17, 15) is 23.2 Å². The number of hydrogen-bond donors (Lipinski definition) is 4. The number of nitrogens with two attached hydrogens (primary N) is 1. The maximum absolute atomic E-state index is 14.0. The number of fused-ring (bicyclic) bond motifs is 1. The Morgan fingerprint density at radius 1 is 1.00 bits per heavy atom. The Bertz CT molecular complexity index is 1740. The Morgan fingerprint density at radius 3 is 2.56 bits per heavy atom. The van der Waals surface area contributed by atoms with E-state index in [0.29, 0.717) is 44.5 Å². The summed E-state index contributed by atoms with van der Waals surface area (Å²) >= 11 is 0. The zero-order chi connectivity index (χ0) is 27.5. The molecule has 0 saturated heterocycles. The first-order valence-electron chi connectivity index (χ1n) is 12.1. The van der Waals surface area contributed by atoms with Crippen LogP contribution in [0.5, 0.6) is 0 Å². The lowest BCUT2D eigenvalue weighted by atomic mass is 9.94. The predicted molar refractivity (Wildman–Crippen MR) is 142 cm³/mol. The van der Waals surface area contributed by atoms with Gasteiger partial charge in [0.1, 0.15) is 11.6 Å². The minimum atomic E-state index is -0.795. The fraction of sp³-hybridized carbons (Fsp3) is 0.103.